The fourth-order valence-electron chi connectivity index (χ4n) is 3.68. The van der Waals surface area contributed by atoms with Crippen molar-refractivity contribution in [3.63, 3.8) is 0 Å². The van der Waals surface area contributed by atoms with Gasteiger partial charge in [-0.15, -0.1) is 0 Å². The molecule has 1 aliphatic rings. The van der Waals surface area contributed by atoms with Gasteiger partial charge in [0.1, 0.15) is 6.33 Å². The maximum absolute atomic E-state index is 12.1. The number of aryl methyl sites for hydroxylation is 1. The molecule has 0 aliphatic carbocycles. The maximum Gasteiger partial charge on any atom is 0.355 e. The van der Waals surface area contributed by atoms with Gasteiger partial charge in [0.25, 0.3) is 0 Å². The van der Waals surface area contributed by atoms with Crippen molar-refractivity contribution in [2.24, 2.45) is 0 Å². The van der Waals surface area contributed by atoms with Crippen molar-refractivity contribution in [2.45, 2.75) is 13.8 Å². The summed E-state index contributed by atoms with van der Waals surface area (Å²) < 4.78 is 5.01. The average Bonchev–Trinajstić information content (AvgIpc) is 3.34. The Balaban J connectivity index is 1.50. The summed E-state index contributed by atoms with van der Waals surface area (Å²) in [5.74, 6) is -0.402. The Morgan fingerprint density at radius 3 is 2.53 bits per heavy atom. The van der Waals surface area contributed by atoms with E-state index in [0.29, 0.717) is 26.2 Å². The third kappa shape index (κ3) is 4.17. The number of piperazine rings is 1. The van der Waals surface area contributed by atoms with Crippen LogP contribution in [0.5, 0.6) is 0 Å². The molecule has 2 aromatic heterocycles. The van der Waals surface area contributed by atoms with Gasteiger partial charge in [0.2, 0.25) is 11.6 Å². The smallest absolute Gasteiger partial charge is 0.355 e. The van der Waals surface area contributed by atoms with Crippen LogP contribution >= 0.6 is 0 Å². The largest absolute Gasteiger partial charge is 0.459 e. The molecule has 1 amide bonds. The molecule has 1 aromatic carbocycles. The maximum atomic E-state index is 12.1. The summed E-state index contributed by atoms with van der Waals surface area (Å²) in [7, 11) is 0. The fraction of sp³-hybridized carbons (Fsp3) is 0.286. The van der Waals surface area contributed by atoms with E-state index >= 15 is 0 Å². The summed E-state index contributed by atoms with van der Waals surface area (Å²) in [5, 5.41) is 11.8. The molecule has 166 valence electrons. The van der Waals surface area contributed by atoms with Crippen molar-refractivity contribution in [3.05, 3.63) is 69.9 Å². The van der Waals surface area contributed by atoms with E-state index in [2.05, 4.69) is 51.7 Å². The number of benzene rings is 1. The zero-order valence-electron chi connectivity index (χ0n) is 17.7. The Labute approximate surface area is 184 Å². The fourth-order valence-corrected chi connectivity index (χ4v) is 3.68. The number of carbonyl (C=O) groups is 1. The summed E-state index contributed by atoms with van der Waals surface area (Å²) in [5.41, 5.74) is 8.21. The first-order chi connectivity index (χ1) is 15.5. The number of carbonyl (C=O) groups excluding carboxylic acids is 1. The van der Waals surface area contributed by atoms with E-state index in [1.807, 2.05) is 11.0 Å². The van der Waals surface area contributed by atoms with Crippen LogP contribution in [0.1, 0.15) is 21.7 Å². The molecule has 1 fully saturated rings. The Hall–Kier alpha value is -4.15. The third-order valence-corrected chi connectivity index (χ3v) is 5.52. The molecule has 2 N–H and O–H groups in total. The second-order valence-electron chi connectivity index (χ2n) is 7.40. The predicted octanol–water partition coefficient (Wildman–Crippen LogP) is 2.68. The molecule has 0 bridgehead atoms. The highest BCUT2D eigenvalue weighted by Gasteiger charge is 2.30. The van der Waals surface area contributed by atoms with Gasteiger partial charge in [-0.3, -0.25) is 25.8 Å². The lowest BCUT2D eigenvalue weighted by Gasteiger charge is -2.37. The molecule has 0 radical (unpaired) electrons. The first-order valence-corrected chi connectivity index (χ1v) is 10.1. The van der Waals surface area contributed by atoms with Gasteiger partial charge in [0, 0.05) is 31.9 Å². The molecule has 3 aromatic rings. The SMILES string of the molecule is Cc1cccc(N2CCN(c3ncnc(NNC(=O)c4ccco4)c3[N+](=O)[O-])CC2)c1C. The first-order valence-electron chi connectivity index (χ1n) is 10.1. The molecule has 3 heterocycles. The van der Waals surface area contributed by atoms with Gasteiger partial charge in [-0.25, -0.2) is 9.97 Å². The van der Waals surface area contributed by atoms with Crippen molar-refractivity contribution in [2.75, 3.05) is 41.4 Å². The number of nitrogens with one attached hydrogen (secondary N) is 2. The molecule has 0 spiro atoms. The second kappa shape index (κ2) is 8.92. The summed E-state index contributed by atoms with van der Waals surface area (Å²) >= 11 is 0. The minimum Gasteiger partial charge on any atom is -0.459 e. The van der Waals surface area contributed by atoms with Crippen LogP contribution in [0.2, 0.25) is 0 Å². The minimum atomic E-state index is -0.577. The summed E-state index contributed by atoms with van der Waals surface area (Å²) in [4.78, 5) is 35.6. The Morgan fingerprint density at radius 1 is 1.09 bits per heavy atom. The second-order valence-corrected chi connectivity index (χ2v) is 7.40. The monoisotopic (exact) mass is 437 g/mol. The van der Waals surface area contributed by atoms with Crippen LogP contribution in [-0.2, 0) is 0 Å². The highest BCUT2D eigenvalue weighted by atomic mass is 16.6. The lowest BCUT2D eigenvalue weighted by atomic mass is 10.1. The number of nitro groups is 1. The number of hydrogen-bond acceptors (Lipinski definition) is 9. The van der Waals surface area contributed by atoms with Crippen LogP contribution in [0.25, 0.3) is 0 Å². The van der Waals surface area contributed by atoms with E-state index in [9.17, 15) is 14.9 Å². The molecule has 0 unspecified atom stereocenters. The number of hydrazine groups is 1. The van der Waals surface area contributed by atoms with Crippen LogP contribution in [0.3, 0.4) is 0 Å². The first kappa shape index (κ1) is 21.1. The van der Waals surface area contributed by atoms with Crippen molar-refractivity contribution in [3.8, 4) is 0 Å². The third-order valence-electron chi connectivity index (χ3n) is 5.52. The van der Waals surface area contributed by atoms with Crippen LogP contribution < -0.4 is 20.7 Å². The number of furan rings is 1. The normalized spacial score (nSPS) is 13.7. The Morgan fingerprint density at radius 2 is 1.84 bits per heavy atom. The van der Waals surface area contributed by atoms with Gasteiger partial charge < -0.3 is 14.2 Å². The van der Waals surface area contributed by atoms with Crippen molar-refractivity contribution in [1.82, 2.24) is 15.4 Å². The summed E-state index contributed by atoms with van der Waals surface area (Å²) in [6.45, 7) is 6.69. The molecule has 11 heteroatoms. The van der Waals surface area contributed by atoms with E-state index in [1.54, 1.807) is 6.07 Å². The van der Waals surface area contributed by atoms with Gasteiger partial charge in [-0.1, -0.05) is 12.1 Å². The van der Waals surface area contributed by atoms with Gasteiger partial charge in [0.05, 0.1) is 11.2 Å². The lowest BCUT2D eigenvalue weighted by molar-refractivity contribution is -0.383. The van der Waals surface area contributed by atoms with E-state index in [4.69, 9.17) is 4.42 Å². The van der Waals surface area contributed by atoms with Crippen LogP contribution in [0.4, 0.5) is 23.0 Å². The summed E-state index contributed by atoms with van der Waals surface area (Å²) in [6, 6.07) is 9.26. The molecule has 4 rings (SSSR count). The van der Waals surface area contributed by atoms with E-state index in [0.717, 1.165) is 0 Å². The van der Waals surface area contributed by atoms with Crippen LogP contribution in [0, 0.1) is 24.0 Å². The predicted molar refractivity (Wildman–Crippen MR) is 119 cm³/mol. The number of nitrogens with zero attached hydrogens (tertiary/aromatic N) is 5. The average molecular weight is 437 g/mol. The molecule has 32 heavy (non-hydrogen) atoms. The minimum absolute atomic E-state index is 0.0667. The molecular weight excluding hydrogens is 414 g/mol. The quantitative estimate of drug-likeness (QED) is 0.441. The molecule has 1 aliphatic heterocycles. The van der Waals surface area contributed by atoms with E-state index < -0.39 is 10.8 Å². The molecule has 1 saturated heterocycles. The number of aromatic nitrogens is 2. The molecule has 11 nitrogen and oxygen atoms in total. The number of hydrogen-bond donors (Lipinski definition) is 2. The van der Waals surface area contributed by atoms with Crippen LogP contribution in [-0.4, -0.2) is 47.0 Å². The summed E-state index contributed by atoms with van der Waals surface area (Å²) in [6.07, 6.45) is 2.60. The zero-order chi connectivity index (χ0) is 22.7. The lowest BCUT2D eigenvalue weighted by Crippen LogP contribution is -2.47. The van der Waals surface area contributed by atoms with Gasteiger partial charge in [-0.2, -0.15) is 0 Å². The molecule has 0 atom stereocenters. The van der Waals surface area contributed by atoms with Gasteiger partial charge >= 0.3 is 11.6 Å². The van der Waals surface area contributed by atoms with Crippen molar-refractivity contribution >= 4 is 28.9 Å². The number of amides is 1. The number of rotatable bonds is 6. The Bertz CT molecular complexity index is 1130. The van der Waals surface area contributed by atoms with Crippen molar-refractivity contribution < 1.29 is 14.1 Å². The molecular formula is C21H23N7O4. The van der Waals surface area contributed by atoms with Gasteiger partial charge in [0.15, 0.2) is 5.76 Å². The topological polar surface area (TPSA) is 130 Å². The van der Waals surface area contributed by atoms with E-state index in [1.165, 1.54) is 35.5 Å². The zero-order valence-corrected chi connectivity index (χ0v) is 17.7. The standard InChI is InChI=1S/C21H23N7O4/c1-14-5-3-6-16(15(14)2)26-8-10-27(11-9-26)20-18(28(30)31)19(22-13-23-20)24-25-21(29)17-7-4-12-32-17/h3-7,12-13H,8-11H2,1-2H3,(H,25,29)(H,22,23,24). The number of anilines is 3. The Kier molecular flexibility index (Phi) is 5.88. The highest BCUT2D eigenvalue weighted by Crippen LogP contribution is 2.33. The van der Waals surface area contributed by atoms with Crippen molar-refractivity contribution in [1.29, 1.82) is 0 Å². The van der Waals surface area contributed by atoms with Gasteiger partial charge in [-0.05, 0) is 43.2 Å². The molecule has 0 saturated carbocycles. The highest BCUT2D eigenvalue weighted by molar-refractivity contribution is 5.92. The van der Waals surface area contributed by atoms with E-state index in [-0.39, 0.29) is 23.1 Å². The van der Waals surface area contributed by atoms with Crippen LogP contribution in [0.15, 0.2) is 47.3 Å².